The minimum absolute atomic E-state index is 0.268. The maximum Gasteiger partial charge on any atom is 0.123 e. The van der Waals surface area contributed by atoms with Crippen molar-refractivity contribution in [3.63, 3.8) is 0 Å². The second-order valence-electron chi connectivity index (χ2n) is 6.76. The fraction of sp³-hybridized carbons (Fsp3) is 0.727. The van der Waals surface area contributed by atoms with Gasteiger partial charge in [0, 0.05) is 63.6 Å². The van der Waals surface area contributed by atoms with E-state index in [9.17, 15) is 10.2 Å². The molecule has 0 radical (unpaired) electrons. The van der Waals surface area contributed by atoms with E-state index in [0.29, 0.717) is 23.0 Å². The van der Waals surface area contributed by atoms with E-state index in [1.54, 1.807) is 23.5 Å². The number of hydrogen-bond donors (Lipinski definition) is 2. The van der Waals surface area contributed by atoms with Crippen molar-refractivity contribution in [1.82, 2.24) is 0 Å². The van der Waals surface area contributed by atoms with Gasteiger partial charge in [0.15, 0.2) is 0 Å². The van der Waals surface area contributed by atoms with E-state index >= 15 is 0 Å². The molecule has 0 aliphatic heterocycles. The minimum atomic E-state index is -0.487. The van der Waals surface area contributed by atoms with E-state index < -0.39 is 12.2 Å². The van der Waals surface area contributed by atoms with Crippen LogP contribution in [0.3, 0.4) is 0 Å². The summed E-state index contributed by atoms with van der Waals surface area (Å²) in [6, 6.07) is 7.39. The summed E-state index contributed by atoms with van der Waals surface area (Å²) in [7, 11) is 0. The quantitative estimate of drug-likeness (QED) is 0.194. The summed E-state index contributed by atoms with van der Waals surface area (Å²) < 4.78 is 11.4. The van der Waals surface area contributed by atoms with Crippen LogP contribution in [-0.4, -0.2) is 106 Å². The highest BCUT2D eigenvalue weighted by molar-refractivity contribution is 8.04. The monoisotopic (exact) mass is 558 g/mol. The van der Waals surface area contributed by atoms with E-state index in [4.69, 9.17) is 9.47 Å². The molecule has 0 aromatic heterocycles. The molecule has 4 nitrogen and oxygen atoms in total. The second kappa shape index (κ2) is 22.3. The van der Waals surface area contributed by atoms with Gasteiger partial charge in [-0.1, -0.05) is 6.07 Å². The molecule has 0 amide bonds. The van der Waals surface area contributed by atoms with Crippen LogP contribution in [0.1, 0.15) is 0 Å². The highest BCUT2D eigenvalue weighted by atomic mass is 32.2. The molecule has 0 fully saturated rings. The number of hydrogen-bond acceptors (Lipinski definition) is 10. The van der Waals surface area contributed by atoms with Crippen LogP contribution in [0, 0.1) is 0 Å². The fourth-order valence-corrected chi connectivity index (χ4v) is 7.94. The van der Waals surface area contributed by atoms with Crippen molar-refractivity contribution in [2.45, 2.75) is 12.2 Å². The Morgan fingerprint density at radius 1 is 0.656 bits per heavy atom. The highest BCUT2D eigenvalue weighted by Crippen LogP contribution is 2.20. The average molecular weight is 559 g/mol. The average Bonchev–Trinajstić information content (AvgIpc) is 2.80. The molecule has 0 aliphatic carbocycles. The van der Waals surface area contributed by atoms with E-state index in [0.717, 1.165) is 23.0 Å². The number of aliphatic hydroxyl groups excluding tert-OH is 2. The molecule has 0 saturated carbocycles. The lowest BCUT2D eigenvalue weighted by molar-refractivity contribution is 0.122. The van der Waals surface area contributed by atoms with Gasteiger partial charge in [-0.25, -0.2) is 0 Å². The van der Waals surface area contributed by atoms with Crippen molar-refractivity contribution in [1.29, 1.82) is 0 Å². The van der Waals surface area contributed by atoms with Crippen molar-refractivity contribution >= 4 is 70.6 Å². The van der Waals surface area contributed by atoms with Gasteiger partial charge >= 0.3 is 0 Å². The molecule has 186 valence electrons. The van der Waals surface area contributed by atoms with E-state index in [-0.39, 0.29) is 13.2 Å². The molecule has 10 heteroatoms. The second-order valence-corrected chi connectivity index (χ2v) is 13.5. The first-order chi connectivity index (χ1) is 15.7. The normalized spacial score (nSPS) is 13.1. The van der Waals surface area contributed by atoms with Gasteiger partial charge in [0.1, 0.15) is 24.7 Å². The predicted molar refractivity (Wildman–Crippen MR) is 156 cm³/mol. The van der Waals surface area contributed by atoms with Crippen molar-refractivity contribution < 1.29 is 19.7 Å². The Balaban J connectivity index is 2.12. The Morgan fingerprint density at radius 3 is 1.50 bits per heavy atom. The zero-order valence-corrected chi connectivity index (χ0v) is 24.0. The third-order valence-corrected chi connectivity index (χ3v) is 10.4. The SMILES string of the molecule is CSCCSCCSCC(O)COc1cccc(OCC(O)CSCCSCCSC)c1. The van der Waals surface area contributed by atoms with Crippen LogP contribution in [0.15, 0.2) is 24.3 Å². The Hall–Kier alpha value is 0.840. The van der Waals surface area contributed by atoms with E-state index in [2.05, 4.69) is 12.5 Å². The molecule has 2 N–H and O–H groups in total. The topological polar surface area (TPSA) is 58.9 Å². The molecule has 1 aromatic rings. The molecule has 2 unspecified atom stereocenters. The Bertz CT molecular complexity index is 512. The van der Waals surface area contributed by atoms with Crippen LogP contribution >= 0.6 is 70.6 Å². The van der Waals surface area contributed by atoms with Gasteiger partial charge in [-0.2, -0.15) is 70.6 Å². The van der Waals surface area contributed by atoms with Crippen molar-refractivity contribution in [3.05, 3.63) is 24.3 Å². The van der Waals surface area contributed by atoms with E-state index in [1.165, 1.54) is 23.0 Å². The number of ether oxygens (including phenoxy) is 2. The third kappa shape index (κ3) is 18.2. The zero-order chi connectivity index (χ0) is 23.3. The van der Waals surface area contributed by atoms with Crippen LogP contribution in [-0.2, 0) is 0 Å². The Kier molecular flexibility index (Phi) is 21.5. The summed E-state index contributed by atoms with van der Waals surface area (Å²) in [5.74, 6) is 11.8. The molecule has 1 aromatic carbocycles. The lowest BCUT2D eigenvalue weighted by atomic mass is 10.3. The molecule has 1 rings (SSSR count). The molecule has 32 heavy (non-hydrogen) atoms. The van der Waals surface area contributed by atoms with Crippen LogP contribution in [0.25, 0.3) is 0 Å². The van der Waals surface area contributed by atoms with Gasteiger partial charge < -0.3 is 19.7 Å². The van der Waals surface area contributed by atoms with Crippen molar-refractivity contribution in [2.75, 3.05) is 83.3 Å². The lowest BCUT2D eigenvalue weighted by Gasteiger charge is -2.14. The third-order valence-electron chi connectivity index (χ3n) is 3.92. The van der Waals surface area contributed by atoms with Gasteiger partial charge in [0.25, 0.3) is 0 Å². The van der Waals surface area contributed by atoms with Gasteiger partial charge in [-0.3, -0.25) is 0 Å². The molecular weight excluding hydrogens is 521 g/mol. The smallest absolute Gasteiger partial charge is 0.123 e. The standard InChI is InChI=1S/C22H38O4S6/c1-27-6-8-29-10-12-31-17-19(23)15-25-21-4-3-5-22(14-21)26-16-20(24)18-32-13-11-30-9-7-28-2/h3-5,14,19-20,23-24H,6-13,15-18H2,1-2H3. The minimum Gasteiger partial charge on any atom is -0.491 e. The molecule has 0 saturated heterocycles. The lowest BCUT2D eigenvalue weighted by Crippen LogP contribution is -2.21. The zero-order valence-electron chi connectivity index (χ0n) is 19.1. The maximum absolute atomic E-state index is 10.1. The largest absolute Gasteiger partial charge is 0.491 e. The van der Waals surface area contributed by atoms with Gasteiger partial charge in [-0.15, -0.1) is 0 Å². The first-order valence-corrected chi connectivity index (χ1v) is 18.1. The Labute approximate surface area is 220 Å². The van der Waals surface area contributed by atoms with Gasteiger partial charge in [0.05, 0.1) is 12.2 Å². The number of rotatable bonds is 22. The van der Waals surface area contributed by atoms with E-state index in [1.807, 2.05) is 71.3 Å². The van der Waals surface area contributed by atoms with Crippen molar-refractivity contribution in [3.8, 4) is 11.5 Å². The number of benzene rings is 1. The first-order valence-electron chi connectivity index (χ1n) is 10.7. The summed E-state index contributed by atoms with van der Waals surface area (Å²) in [6.07, 6.45) is 3.29. The van der Waals surface area contributed by atoms with Gasteiger partial charge in [-0.05, 0) is 24.6 Å². The molecule has 0 aliphatic rings. The molecule has 0 heterocycles. The summed E-state index contributed by atoms with van der Waals surface area (Å²) in [6.45, 7) is 0.536. The van der Waals surface area contributed by atoms with Crippen LogP contribution in [0.4, 0.5) is 0 Å². The summed E-state index contributed by atoms with van der Waals surface area (Å²) in [4.78, 5) is 0. The van der Waals surface area contributed by atoms with Crippen molar-refractivity contribution in [2.24, 2.45) is 0 Å². The van der Waals surface area contributed by atoms with Crippen LogP contribution in [0.5, 0.6) is 11.5 Å². The predicted octanol–water partition coefficient (Wildman–Crippen LogP) is 4.82. The summed E-state index contributed by atoms with van der Waals surface area (Å²) in [5.41, 5.74) is 0. The Morgan fingerprint density at radius 2 is 1.06 bits per heavy atom. The number of aliphatic hydroxyl groups is 2. The summed E-state index contributed by atoms with van der Waals surface area (Å²) in [5, 5.41) is 20.3. The summed E-state index contributed by atoms with van der Waals surface area (Å²) >= 11 is 11.2. The van der Waals surface area contributed by atoms with Crippen LogP contribution in [0.2, 0.25) is 0 Å². The molecular formula is C22H38O4S6. The maximum atomic E-state index is 10.1. The molecule has 0 bridgehead atoms. The highest BCUT2D eigenvalue weighted by Gasteiger charge is 2.08. The molecule has 2 atom stereocenters. The number of thioether (sulfide) groups is 6. The van der Waals surface area contributed by atoms with Gasteiger partial charge in [0.2, 0.25) is 0 Å². The van der Waals surface area contributed by atoms with Crippen LogP contribution < -0.4 is 9.47 Å². The fourth-order valence-electron chi connectivity index (χ4n) is 2.30. The molecule has 0 spiro atoms. The first kappa shape index (κ1) is 30.9.